The number of hydrogen-bond donors (Lipinski definition) is 2. The molecule has 2 heterocycles. The molecule has 4 aromatic rings. The van der Waals surface area contributed by atoms with E-state index < -0.39 is 16.9 Å². The van der Waals surface area contributed by atoms with Crippen molar-refractivity contribution in [2.75, 3.05) is 17.7 Å². The summed E-state index contributed by atoms with van der Waals surface area (Å²) in [7, 11) is 1.51. The number of amides is 1. The van der Waals surface area contributed by atoms with Gasteiger partial charge in [0.05, 0.1) is 28.9 Å². The summed E-state index contributed by atoms with van der Waals surface area (Å²) >= 11 is 0. The van der Waals surface area contributed by atoms with E-state index in [1.165, 1.54) is 17.9 Å². The van der Waals surface area contributed by atoms with Crippen LogP contribution in [0.1, 0.15) is 18.5 Å². The number of fused-ring (bicyclic) bond motifs is 1. The first-order valence-corrected chi connectivity index (χ1v) is 11.2. The Hall–Kier alpha value is -4.99. The van der Waals surface area contributed by atoms with Crippen molar-refractivity contribution >= 4 is 23.2 Å². The average molecular weight is 483 g/mol. The van der Waals surface area contributed by atoms with Crippen molar-refractivity contribution in [2.45, 2.75) is 13.0 Å². The van der Waals surface area contributed by atoms with Crippen LogP contribution in [0.5, 0.6) is 5.75 Å². The van der Waals surface area contributed by atoms with E-state index in [9.17, 15) is 14.9 Å². The molecule has 0 fully saturated rings. The summed E-state index contributed by atoms with van der Waals surface area (Å²) in [5.74, 6) is 0.849. The van der Waals surface area contributed by atoms with Crippen LogP contribution in [-0.4, -0.2) is 32.7 Å². The SMILES string of the molecule is COc1ccccc1NC(=O)C1=C(C)Nc2nc(-c3ccccc3)nn2C1c1ccccc1[N+](=O)[O-]. The summed E-state index contributed by atoms with van der Waals surface area (Å²) in [6, 6.07) is 21.8. The number of benzene rings is 3. The van der Waals surface area contributed by atoms with Crippen molar-refractivity contribution < 1.29 is 14.5 Å². The number of nitrogens with one attached hydrogen (secondary N) is 2. The third kappa shape index (κ3) is 4.05. The number of hydrogen-bond acceptors (Lipinski definition) is 7. The molecule has 36 heavy (non-hydrogen) atoms. The van der Waals surface area contributed by atoms with Gasteiger partial charge in [-0.2, -0.15) is 4.98 Å². The van der Waals surface area contributed by atoms with Crippen molar-refractivity contribution in [1.29, 1.82) is 0 Å². The highest BCUT2D eigenvalue weighted by Crippen LogP contribution is 2.40. The highest BCUT2D eigenvalue weighted by atomic mass is 16.6. The molecule has 0 aliphatic carbocycles. The number of allylic oxidation sites excluding steroid dienone is 1. The summed E-state index contributed by atoms with van der Waals surface area (Å²) < 4.78 is 6.89. The molecule has 10 nitrogen and oxygen atoms in total. The van der Waals surface area contributed by atoms with Gasteiger partial charge < -0.3 is 15.4 Å². The predicted octanol–water partition coefficient (Wildman–Crippen LogP) is 4.79. The number of rotatable bonds is 6. The lowest BCUT2D eigenvalue weighted by molar-refractivity contribution is -0.385. The number of ether oxygens (including phenoxy) is 1. The van der Waals surface area contributed by atoms with Crippen LogP contribution in [0.4, 0.5) is 17.3 Å². The molecule has 0 bridgehead atoms. The number of carbonyl (C=O) groups excluding carboxylic acids is 1. The summed E-state index contributed by atoms with van der Waals surface area (Å²) in [6.45, 7) is 1.74. The summed E-state index contributed by atoms with van der Waals surface area (Å²) in [6.07, 6.45) is 0. The molecule has 2 N–H and O–H groups in total. The summed E-state index contributed by atoms with van der Waals surface area (Å²) in [4.78, 5) is 29.8. The van der Waals surface area contributed by atoms with E-state index in [1.54, 1.807) is 49.4 Å². The fourth-order valence-corrected chi connectivity index (χ4v) is 4.26. The number of nitro benzene ring substituents is 1. The Morgan fingerprint density at radius 3 is 2.50 bits per heavy atom. The second kappa shape index (κ2) is 9.34. The van der Waals surface area contributed by atoms with Gasteiger partial charge in [-0.15, -0.1) is 5.10 Å². The normalized spacial score (nSPS) is 14.6. The standard InChI is InChI=1S/C26H22N6O4/c1-16-22(25(33)28-19-13-7-9-15-21(19)36-2)23(18-12-6-8-14-20(18)32(34)35)31-26(27-16)29-24(30-31)17-10-4-3-5-11-17/h3-15,23H,1-2H3,(H,28,33)(H,27,29,30). The first-order valence-electron chi connectivity index (χ1n) is 11.2. The molecule has 1 aliphatic heterocycles. The molecule has 180 valence electrons. The molecular weight excluding hydrogens is 460 g/mol. The van der Waals surface area contributed by atoms with Gasteiger partial charge in [-0.05, 0) is 25.1 Å². The van der Waals surface area contributed by atoms with Gasteiger partial charge in [-0.3, -0.25) is 14.9 Å². The van der Waals surface area contributed by atoms with Crippen molar-refractivity contribution in [3.8, 4) is 17.1 Å². The van der Waals surface area contributed by atoms with Gasteiger partial charge in [0.1, 0.15) is 11.8 Å². The van der Waals surface area contributed by atoms with Crippen LogP contribution in [0.25, 0.3) is 11.4 Å². The van der Waals surface area contributed by atoms with E-state index in [-0.39, 0.29) is 11.3 Å². The first kappa shape index (κ1) is 22.8. The summed E-state index contributed by atoms with van der Waals surface area (Å²) in [5, 5.41) is 22.7. The Kier molecular flexibility index (Phi) is 5.91. The highest BCUT2D eigenvalue weighted by molar-refractivity contribution is 6.06. The van der Waals surface area contributed by atoms with Crippen molar-refractivity contribution in [3.63, 3.8) is 0 Å². The number of nitro groups is 1. The van der Waals surface area contributed by atoms with Gasteiger partial charge in [-0.25, -0.2) is 4.68 Å². The molecule has 0 saturated heterocycles. The van der Waals surface area contributed by atoms with Crippen molar-refractivity contribution in [1.82, 2.24) is 14.8 Å². The van der Waals surface area contributed by atoms with Gasteiger partial charge in [-0.1, -0.05) is 54.6 Å². The van der Waals surface area contributed by atoms with E-state index in [4.69, 9.17) is 4.74 Å². The minimum absolute atomic E-state index is 0.123. The van der Waals surface area contributed by atoms with Gasteiger partial charge in [0.2, 0.25) is 5.95 Å². The largest absolute Gasteiger partial charge is 0.495 e. The van der Waals surface area contributed by atoms with E-state index in [0.29, 0.717) is 34.5 Å². The second-order valence-corrected chi connectivity index (χ2v) is 8.11. The van der Waals surface area contributed by atoms with Crippen LogP contribution in [0.2, 0.25) is 0 Å². The molecule has 3 aromatic carbocycles. The molecule has 1 aromatic heterocycles. The smallest absolute Gasteiger partial charge is 0.275 e. The second-order valence-electron chi connectivity index (χ2n) is 8.11. The maximum atomic E-state index is 13.7. The molecule has 1 amide bonds. The van der Waals surface area contributed by atoms with Crippen LogP contribution >= 0.6 is 0 Å². The highest BCUT2D eigenvalue weighted by Gasteiger charge is 2.38. The zero-order valence-corrected chi connectivity index (χ0v) is 19.5. The minimum Gasteiger partial charge on any atom is -0.495 e. The molecule has 1 unspecified atom stereocenters. The fourth-order valence-electron chi connectivity index (χ4n) is 4.26. The number of anilines is 2. The third-order valence-corrected chi connectivity index (χ3v) is 5.91. The van der Waals surface area contributed by atoms with E-state index in [2.05, 4.69) is 20.7 Å². The lowest BCUT2D eigenvalue weighted by Gasteiger charge is -2.28. The van der Waals surface area contributed by atoms with Crippen LogP contribution in [0.15, 0.2) is 90.1 Å². The zero-order valence-electron chi connectivity index (χ0n) is 19.5. The van der Waals surface area contributed by atoms with Crippen molar-refractivity contribution in [2.24, 2.45) is 0 Å². The summed E-state index contributed by atoms with van der Waals surface area (Å²) in [5.41, 5.74) is 2.22. The van der Waals surface area contributed by atoms with E-state index >= 15 is 0 Å². The fraction of sp³-hybridized carbons (Fsp3) is 0.115. The Morgan fingerprint density at radius 2 is 1.75 bits per heavy atom. The molecule has 1 aliphatic rings. The monoisotopic (exact) mass is 482 g/mol. The number of aromatic nitrogens is 3. The molecule has 0 saturated carbocycles. The average Bonchev–Trinajstić information content (AvgIpc) is 3.32. The number of carbonyl (C=O) groups is 1. The van der Waals surface area contributed by atoms with Crippen LogP contribution in [0, 0.1) is 10.1 Å². The Balaban J connectivity index is 1.66. The number of para-hydroxylation sites is 3. The van der Waals surface area contributed by atoms with Crippen LogP contribution in [-0.2, 0) is 4.79 Å². The molecule has 10 heteroatoms. The maximum absolute atomic E-state index is 13.7. The lowest BCUT2D eigenvalue weighted by Crippen LogP contribution is -2.32. The predicted molar refractivity (Wildman–Crippen MR) is 135 cm³/mol. The first-order chi connectivity index (χ1) is 17.5. The molecule has 5 rings (SSSR count). The molecular formula is C26H22N6O4. The topological polar surface area (TPSA) is 124 Å². The van der Waals surface area contributed by atoms with E-state index in [0.717, 1.165) is 5.56 Å². The van der Waals surface area contributed by atoms with Gasteiger partial charge in [0.15, 0.2) is 5.82 Å². The minimum atomic E-state index is -0.900. The molecule has 0 radical (unpaired) electrons. The Bertz CT molecular complexity index is 1500. The molecule has 0 spiro atoms. The van der Waals surface area contributed by atoms with Gasteiger partial charge in [0.25, 0.3) is 11.6 Å². The third-order valence-electron chi connectivity index (χ3n) is 5.91. The number of methoxy groups -OCH3 is 1. The number of nitrogens with zero attached hydrogens (tertiary/aromatic N) is 4. The van der Waals surface area contributed by atoms with E-state index in [1.807, 2.05) is 30.3 Å². The maximum Gasteiger partial charge on any atom is 0.275 e. The van der Waals surface area contributed by atoms with Crippen molar-refractivity contribution in [3.05, 3.63) is 106 Å². The van der Waals surface area contributed by atoms with Gasteiger partial charge in [0, 0.05) is 17.3 Å². The van der Waals surface area contributed by atoms with Gasteiger partial charge >= 0.3 is 0 Å². The Morgan fingerprint density at radius 1 is 1.06 bits per heavy atom. The van der Waals surface area contributed by atoms with Crippen LogP contribution in [0.3, 0.4) is 0 Å². The Labute approximate surface area is 206 Å². The molecule has 1 atom stereocenters. The van der Waals surface area contributed by atoms with Crippen LogP contribution < -0.4 is 15.4 Å². The quantitative estimate of drug-likeness (QED) is 0.299. The lowest BCUT2D eigenvalue weighted by atomic mass is 9.93. The zero-order chi connectivity index (χ0) is 25.2.